The fourth-order valence-corrected chi connectivity index (χ4v) is 6.30. The summed E-state index contributed by atoms with van der Waals surface area (Å²) in [7, 11) is -1.82. The van der Waals surface area contributed by atoms with Crippen molar-refractivity contribution in [3.05, 3.63) is 54.1 Å². The summed E-state index contributed by atoms with van der Waals surface area (Å²) in [6.45, 7) is 6.46. The molecule has 29 heavy (non-hydrogen) atoms. The van der Waals surface area contributed by atoms with Crippen LogP contribution in [0.1, 0.15) is 5.56 Å². The van der Waals surface area contributed by atoms with Crippen molar-refractivity contribution in [3.63, 3.8) is 0 Å². The Bertz CT molecular complexity index is 1010. The quantitative estimate of drug-likeness (QED) is 0.456. The fourth-order valence-electron chi connectivity index (χ4n) is 2.67. The third-order valence-electron chi connectivity index (χ3n) is 4.09. The Morgan fingerprint density at radius 1 is 0.966 bits per heavy atom. The normalized spacial score (nSPS) is 13.1. The van der Waals surface area contributed by atoms with Crippen LogP contribution in [-0.2, 0) is 17.3 Å². The molecule has 1 atom stereocenters. The maximum Gasteiger partial charge on any atom is 1.00 e. The summed E-state index contributed by atoms with van der Waals surface area (Å²) in [5.74, 6) is 0. The van der Waals surface area contributed by atoms with Crippen LogP contribution in [0.15, 0.2) is 53.4 Å². The van der Waals surface area contributed by atoms with Gasteiger partial charge in [0.1, 0.15) is 5.01 Å². The van der Waals surface area contributed by atoms with Crippen molar-refractivity contribution in [1.82, 2.24) is 4.98 Å². The molecule has 0 aliphatic heterocycles. The molecule has 10 heteroatoms. The first-order valence-electron chi connectivity index (χ1n) is 8.35. The van der Waals surface area contributed by atoms with Crippen LogP contribution in [0, 0.1) is 0 Å². The molecule has 0 aliphatic carbocycles. The third-order valence-corrected chi connectivity index (χ3v) is 9.41. The van der Waals surface area contributed by atoms with Gasteiger partial charge in [-0.3, -0.25) is 4.21 Å². The van der Waals surface area contributed by atoms with Gasteiger partial charge in [0.15, 0.2) is 0 Å². The Labute approximate surface area is 186 Å². The van der Waals surface area contributed by atoms with Crippen LogP contribution in [0.25, 0.3) is 21.8 Å². The van der Waals surface area contributed by atoms with Crippen LogP contribution in [0.2, 0.25) is 19.6 Å². The predicted octanol–water partition coefficient (Wildman–Crippen LogP) is 2.28. The molecule has 0 saturated heterocycles. The van der Waals surface area contributed by atoms with E-state index in [2.05, 4.69) is 19.6 Å². The molecule has 0 aliphatic rings. The van der Waals surface area contributed by atoms with Crippen LogP contribution in [0.4, 0.5) is 13.2 Å². The molecule has 3 aromatic rings. The van der Waals surface area contributed by atoms with Crippen molar-refractivity contribution in [2.24, 2.45) is 0 Å². The van der Waals surface area contributed by atoms with Crippen LogP contribution in [0.5, 0.6) is 0 Å². The summed E-state index contributed by atoms with van der Waals surface area (Å²) in [4.78, 5) is 4.89. The summed E-state index contributed by atoms with van der Waals surface area (Å²) in [6, 6.07) is 11.4. The standard InChI is InChI=1S/C19H18F3NO2S2Si.Li/c1-28(2,3)18-16(12-4-8-14(9-5-12)19(20,21)22)23-17(26-18)13-6-10-15(11-7-13)27(24)25;/h4-11H,1-3H3,(H,24,25);/q;+1/p-1. The van der Waals surface area contributed by atoms with E-state index in [1.165, 1.54) is 35.6 Å². The molecule has 0 amide bonds. The molecule has 1 aromatic heterocycles. The van der Waals surface area contributed by atoms with Crippen molar-refractivity contribution < 1.29 is 40.8 Å². The Morgan fingerprint density at radius 3 is 1.93 bits per heavy atom. The molecule has 0 fully saturated rings. The minimum Gasteiger partial charge on any atom is -0.768 e. The fraction of sp³-hybridized carbons (Fsp3) is 0.211. The smallest absolute Gasteiger partial charge is 0.768 e. The molecule has 0 bridgehead atoms. The molecule has 148 valence electrons. The number of thiazole rings is 1. The number of benzene rings is 2. The first-order valence-corrected chi connectivity index (χ1v) is 13.7. The zero-order chi connectivity index (χ0) is 20.7. The van der Waals surface area contributed by atoms with Crippen molar-refractivity contribution >= 4 is 35.0 Å². The van der Waals surface area contributed by atoms with E-state index in [9.17, 15) is 21.9 Å². The van der Waals surface area contributed by atoms with Gasteiger partial charge in [-0.15, -0.1) is 11.3 Å². The topological polar surface area (TPSA) is 53.0 Å². The Hall–Kier alpha value is -1.22. The van der Waals surface area contributed by atoms with Gasteiger partial charge in [0.05, 0.1) is 19.3 Å². The SMILES string of the molecule is C[Si](C)(C)c1sc(-c2ccc(S(=O)[O-])cc2)nc1-c1ccc(C(F)(F)F)cc1.[Li+]. The van der Waals surface area contributed by atoms with Gasteiger partial charge in [0.25, 0.3) is 0 Å². The molecular formula is C19H17F3LiNO2S2Si. The Balaban J connectivity index is 0.00000300. The minimum atomic E-state index is -4.38. The maximum atomic E-state index is 12.9. The number of hydrogen-bond acceptors (Lipinski definition) is 4. The first kappa shape index (κ1) is 24.1. The molecule has 3 rings (SSSR count). The van der Waals surface area contributed by atoms with Gasteiger partial charge < -0.3 is 4.55 Å². The van der Waals surface area contributed by atoms with E-state index in [0.717, 1.165) is 27.2 Å². The monoisotopic (exact) mass is 447 g/mol. The molecule has 1 unspecified atom stereocenters. The van der Waals surface area contributed by atoms with Crippen LogP contribution in [0.3, 0.4) is 0 Å². The molecule has 0 spiro atoms. The molecular weight excluding hydrogens is 430 g/mol. The van der Waals surface area contributed by atoms with Crippen molar-refractivity contribution in [3.8, 4) is 21.8 Å². The summed E-state index contributed by atoms with van der Waals surface area (Å²) in [5, 5.41) is 0.718. The van der Waals surface area contributed by atoms with Crippen molar-refractivity contribution in [2.75, 3.05) is 0 Å². The molecule has 0 radical (unpaired) electrons. The van der Waals surface area contributed by atoms with Crippen LogP contribution in [-0.4, -0.2) is 21.8 Å². The maximum absolute atomic E-state index is 12.9. The number of aromatic nitrogens is 1. The van der Waals surface area contributed by atoms with E-state index in [1.807, 2.05) is 0 Å². The minimum absolute atomic E-state index is 0. The largest absolute Gasteiger partial charge is 1.00 e. The van der Waals surface area contributed by atoms with Gasteiger partial charge in [-0.1, -0.05) is 43.9 Å². The van der Waals surface area contributed by atoms with Gasteiger partial charge in [-0.2, -0.15) is 13.2 Å². The average Bonchev–Trinajstić information content (AvgIpc) is 3.07. The summed E-state index contributed by atoms with van der Waals surface area (Å²) in [6.07, 6.45) is -4.38. The molecule has 1 heterocycles. The van der Waals surface area contributed by atoms with E-state index < -0.39 is 30.9 Å². The first-order chi connectivity index (χ1) is 13.0. The summed E-state index contributed by atoms with van der Waals surface area (Å²) in [5.41, 5.74) is 1.42. The van der Waals surface area contributed by atoms with E-state index in [-0.39, 0.29) is 23.8 Å². The zero-order valence-corrected chi connectivity index (χ0v) is 19.0. The van der Waals surface area contributed by atoms with E-state index >= 15 is 0 Å². The van der Waals surface area contributed by atoms with Crippen LogP contribution < -0.4 is 23.4 Å². The second-order valence-electron chi connectivity index (χ2n) is 7.28. The van der Waals surface area contributed by atoms with Crippen molar-refractivity contribution in [2.45, 2.75) is 30.7 Å². The van der Waals surface area contributed by atoms with E-state index in [4.69, 9.17) is 4.98 Å². The Kier molecular flexibility index (Phi) is 7.37. The van der Waals surface area contributed by atoms with Crippen LogP contribution >= 0.6 is 11.3 Å². The van der Waals surface area contributed by atoms with Gasteiger partial charge in [-0.25, -0.2) is 4.98 Å². The zero-order valence-electron chi connectivity index (χ0n) is 16.3. The number of halogens is 3. The van der Waals surface area contributed by atoms with Gasteiger partial charge in [-0.05, 0) is 35.3 Å². The summed E-state index contributed by atoms with van der Waals surface area (Å²) < 4.78 is 61.7. The number of alkyl halides is 3. The van der Waals surface area contributed by atoms with Crippen molar-refractivity contribution in [1.29, 1.82) is 0 Å². The van der Waals surface area contributed by atoms with Gasteiger partial charge in [0.2, 0.25) is 0 Å². The van der Waals surface area contributed by atoms with Gasteiger partial charge in [0, 0.05) is 20.5 Å². The third kappa shape index (κ3) is 5.48. The average molecular weight is 448 g/mol. The van der Waals surface area contributed by atoms with E-state index in [1.54, 1.807) is 12.1 Å². The summed E-state index contributed by atoms with van der Waals surface area (Å²) >= 11 is -0.786. The number of hydrogen-bond donors (Lipinski definition) is 0. The molecule has 3 nitrogen and oxygen atoms in total. The second kappa shape index (κ2) is 8.88. The number of rotatable bonds is 4. The number of nitrogens with zero attached hydrogens (tertiary/aromatic N) is 1. The van der Waals surface area contributed by atoms with Gasteiger partial charge >= 0.3 is 25.0 Å². The second-order valence-corrected chi connectivity index (χ2v) is 14.6. The Morgan fingerprint density at radius 2 is 1.48 bits per heavy atom. The molecule has 0 N–H and O–H groups in total. The molecule has 2 aromatic carbocycles. The molecule has 0 saturated carbocycles. The predicted molar refractivity (Wildman–Crippen MR) is 108 cm³/mol. The van der Waals surface area contributed by atoms with E-state index in [0.29, 0.717) is 11.3 Å².